The minimum Gasteiger partial charge on any atom is -0.381 e. The summed E-state index contributed by atoms with van der Waals surface area (Å²) in [5.74, 6) is 0.197. The van der Waals surface area contributed by atoms with Crippen molar-refractivity contribution in [1.82, 2.24) is 9.80 Å². The van der Waals surface area contributed by atoms with Gasteiger partial charge in [-0.3, -0.25) is 9.69 Å². The maximum atomic E-state index is 12.9. The second-order valence-corrected chi connectivity index (χ2v) is 6.34. The Morgan fingerprint density at radius 3 is 2.72 bits per heavy atom. The minimum atomic E-state index is -0.718. The van der Waals surface area contributed by atoms with Gasteiger partial charge >= 0.3 is 0 Å². The second-order valence-electron chi connectivity index (χ2n) is 6.34. The van der Waals surface area contributed by atoms with E-state index in [0.29, 0.717) is 44.3 Å². The summed E-state index contributed by atoms with van der Waals surface area (Å²) in [5, 5.41) is 14.0. The number of carbonyl (C=O) groups excluding carboxylic acids is 1. The lowest BCUT2D eigenvalue weighted by molar-refractivity contribution is -0.486. The van der Waals surface area contributed by atoms with Crippen LogP contribution in [-0.2, 0) is 4.74 Å². The monoisotopic (exact) mass is 346 g/mol. The SMILES string of the molecule is O=C(c1ccccc1)N1CCCCN(CC2CCOC2)/C1=N\[N+](=O)[O-]. The van der Waals surface area contributed by atoms with Crippen molar-refractivity contribution in [2.45, 2.75) is 19.3 Å². The van der Waals surface area contributed by atoms with Gasteiger partial charge in [0.05, 0.1) is 6.61 Å². The molecule has 25 heavy (non-hydrogen) atoms. The maximum absolute atomic E-state index is 12.9. The zero-order chi connectivity index (χ0) is 17.6. The largest absolute Gasteiger partial charge is 0.381 e. The van der Waals surface area contributed by atoms with E-state index in [2.05, 4.69) is 5.10 Å². The van der Waals surface area contributed by atoms with Gasteiger partial charge < -0.3 is 9.64 Å². The van der Waals surface area contributed by atoms with Gasteiger partial charge in [0.1, 0.15) is 5.10 Å². The van der Waals surface area contributed by atoms with Gasteiger partial charge in [-0.15, -0.1) is 0 Å². The lowest BCUT2D eigenvalue weighted by Crippen LogP contribution is -2.48. The smallest absolute Gasteiger partial charge is 0.280 e. The average Bonchev–Trinajstić information content (AvgIpc) is 3.05. The third-order valence-corrected chi connectivity index (χ3v) is 4.52. The average molecular weight is 346 g/mol. The lowest BCUT2D eigenvalue weighted by Gasteiger charge is -2.29. The highest BCUT2D eigenvalue weighted by molar-refractivity contribution is 6.05. The van der Waals surface area contributed by atoms with E-state index in [9.17, 15) is 14.9 Å². The summed E-state index contributed by atoms with van der Waals surface area (Å²) in [6.07, 6.45) is 2.57. The zero-order valence-corrected chi connectivity index (χ0v) is 14.0. The van der Waals surface area contributed by atoms with Crippen LogP contribution in [0.2, 0.25) is 0 Å². The number of nitrogens with zero attached hydrogens (tertiary/aromatic N) is 4. The fourth-order valence-electron chi connectivity index (χ4n) is 3.27. The first-order chi connectivity index (χ1) is 12.1. The molecule has 1 amide bonds. The molecule has 1 aromatic carbocycles. The summed E-state index contributed by atoms with van der Waals surface area (Å²) in [6.45, 7) is 3.06. The van der Waals surface area contributed by atoms with Crippen molar-refractivity contribution < 1.29 is 14.6 Å². The normalized spacial score (nSPS) is 22.9. The first-order valence-corrected chi connectivity index (χ1v) is 8.58. The number of ether oxygens (including phenoxy) is 1. The number of hydrogen-bond acceptors (Lipinski definition) is 4. The van der Waals surface area contributed by atoms with Gasteiger partial charge in [-0.1, -0.05) is 18.2 Å². The summed E-state index contributed by atoms with van der Waals surface area (Å²) in [6, 6.07) is 8.82. The summed E-state index contributed by atoms with van der Waals surface area (Å²) < 4.78 is 5.41. The van der Waals surface area contributed by atoms with Crippen molar-refractivity contribution in [2.24, 2.45) is 11.0 Å². The third kappa shape index (κ3) is 4.33. The van der Waals surface area contributed by atoms with Crippen molar-refractivity contribution in [3.63, 3.8) is 0 Å². The van der Waals surface area contributed by atoms with Crippen LogP contribution in [0.3, 0.4) is 0 Å². The Morgan fingerprint density at radius 2 is 2.04 bits per heavy atom. The van der Waals surface area contributed by atoms with Crippen LogP contribution in [0.15, 0.2) is 35.4 Å². The van der Waals surface area contributed by atoms with Crippen molar-refractivity contribution in [3.05, 3.63) is 46.0 Å². The molecule has 1 aromatic rings. The molecule has 2 heterocycles. The molecular weight excluding hydrogens is 324 g/mol. The van der Waals surface area contributed by atoms with Crippen molar-refractivity contribution in [1.29, 1.82) is 0 Å². The third-order valence-electron chi connectivity index (χ3n) is 4.52. The van der Waals surface area contributed by atoms with Gasteiger partial charge in [-0.25, -0.2) is 10.1 Å². The van der Waals surface area contributed by atoms with E-state index in [4.69, 9.17) is 4.74 Å². The highest BCUT2D eigenvalue weighted by atomic mass is 16.7. The van der Waals surface area contributed by atoms with Crippen LogP contribution in [0.25, 0.3) is 0 Å². The summed E-state index contributed by atoms with van der Waals surface area (Å²) in [7, 11) is 0. The topological polar surface area (TPSA) is 88.3 Å². The number of guanidine groups is 1. The molecule has 1 atom stereocenters. The van der Waals surface area contributed by atoms with E-state index >= 15 is 0 Å². The number of carbonyl (C=O) groups is 1. The van der Waals surface area contributed by atoms with Gasteiger partial charge in [0.15, 0.2) is 5.03 Å². The van der Waals surface area contributed by atoms with Crippen molar-refractivity contribution in [2.75, 3.05) is 32.8 Å². The number of hydrogen-bond donors (Lipinski definition) is 0. The van der Waals surface area contributed by atoms with Crippen LogP contribution in [0.4, 0.5) is 0 Å². The Kier molecular flexibility index (Phi) is 5.60. The maximum Gasteiger partial charge on any atom is 0.280 e. The predicted molar refractivity (Wildman–Crippen MR) is 91.6 cm³/mol. The fourth-order valence-corrected chi connectivity index (χ4v) is 3.27. The molecule has 2 aliphatic heterocycles. The van der Waals surface area contributed by atoms with Gasteiger partial charge in [0, 0.05) is 37.7 Å². The van der Waals surface area contributed by atoms with E-state index in [1.165, 1.54) is 4.90 Å². The van der Waals surface area contributed by atoms with Crippen molar-refractivity contribution >= 4 is 11.9 Å². The van der Waals surface area contributed by atoms with Gasteiger partial charge in [-0.2, -0.15) is 0 Å². The van der Waals surface area contributed by atoms with Crippen molar-refractivity contribution in [3.8, 4) is 0 Å². The zero-order valence-electron chi connectivity index (χ0n) is 14.0. The van der Waals surface area contributed by atoms with E-state index in [-0.39, 0.29) is 11.9 Å². The Bertz CT molecular complexity index is 643. The fraction of sp³-hybridized carbons (Fsp3) is 0.529. The Balaban J connectivity index is 1.88. The first kappa shape index (κ1) is 17.3. The molecule has 2 aliphatic rings. The number of nitro groups is 1. The molecule has 1 unspecified atom stereocenters. The van der Waals surface area contributed by atoms with Crippen LogP contribution in [0.5, 0.6) is 0 Å². The number of amides is 1. The van der Waals surface area contributed by atoms with E-state index in [1.807, 2.05) is 11.0 Å². The molecule has 0 spiro atoms. The van der Waals surface area contributed by atoms with Gasteiger partial charge in [-0.05, 0) is 31.4 Å². The Hall–Kier alpha value is -2.48. The van der Waals surface area contributed by atoms with E-state index in [1.54, 1.807) is 24.3 Å². The highest BCUT2D eigenvalue weighted by Gasteiger charge is 2.32. The summed E-state index contributed by atoms with van der Waals surface area (Å²) >= 11 is 0. The van der Waals surface area contributed by atoms with Gasteiger partial charge in [0.2, 0.25) is 0 Å². The molecule has 8 heteroatoms. The highest BCUT2D eigenvalue weighted by Crippen LogP contribution is 2.19. The first-order valence-electron chi connectivity index (χ1n) is 8.58. The van der Waals surface area contributed by atoms with Crippen LogP contribution in [0.1, 0.15) is 29.6 Å². The molecule has 0 radical (unpaired) electrons. The molecule has 134 valence electrons. The van der Waals surface area contributed by atoms with Crippen LogP contribution in [0, 0.1) is 16.0 Å². The predicted octanol–water partition coefficient (Wildman–Crippen LogP) is 1.81. The molecule has 0 saturated carbocycles. The summed E-state index contributed by atoms with van der Waals surface area (Å²) in [4.78, 5) is 27.3. The van der Waals surface area contributed by atoms with E-state index < -0.39 is 5.03 Å². The molecule has 8 nitrogen and oxygen atoms in total. The molecule has 0 aliphatic carbocycles. The molecule has 0 bridgehead atoms. The number of benzene rings is 1. The molecule has 3 rings (SSSR count). The number of hydrazone groups is 1. The number of rotatable bonds is 4. The molecule has 0 aromatic heterocycles. The standard InChI is InChI=1S/C17H22N4O4/c22-16(15-6-2-1-3-7-15)20-10-5-4-9-19(17(20)18-21(23)24)12-14-8-11-25-13-14/h1-3,6-7,14H,4-5,8-13H2/b18-17+. The van der Waals surface area contributed by atoms with Gasteiger partial charge in [0.25, 0.3) is 11.9 Å². The molecular formula is C17H22N4O4. The van der Waals surface area contributed by atoms with Crippen LogP contribution < -0.4 is 0 Å². The minimum absolute atomic E-state index is 0.142. The van der Waals surface area contributed by atoms with E-state index in [0.717, 1.165) is 19.3 Å². The lowest BCUT2D eigenvalue weighted by atomic mass is 10.1. The molecule has 0 N–H and O–H groups in total. The Morgan fingerprint density at radius 1 is 1.28 bits per heavy atom. The Labute approximate surface area is 146 Å². The second kappa shape index (κ2) is 8.06. The summed E-state index contributed by atoms with van der Waals surface area (Å²) in [5.41, 5.74) is 0.504. The van der Waals surface area contributed by atoms with Crippen LogP contribution >= 0.6 is 0 Å². The molecule has 2 fully saturated rings. The molecule has 2 saturated heterocycles. The van der Waals surface area contributed by atoms with Crippen LogP contribution in [-0.4, -0.2) is 59.5 Å². The quantitative estimate of drug-likeness (QED) is 0.613.